The van der Waals surface area contributed by atoms with E-state index in [2.05, 4.69) is 29.9 Å². The van der Waals surface area contributed by atoms with Crippen molar-refractivity contribution < 1.29 is 18.2 Å². The molecule has 12 heteroatoms. The molecule has 0 aliphatic carbocycles. The molecule has 0 fully saturated rings. The maximum absolute atomic E-state index is 11.6. The highest BCUT2D eigenvalue weighted by Crippen LogP contribution is 2.37. The van der Waals surface area contributed by atoms with Crippen LogP contribution in [0.1, 0.15) is 35.6 Å². The van der Waals surface area contributed by atoms with E-state index >= 15 is 0 Å². The Labute approximate surface area is 217 Å². The molecular weight excluding hydrogens is 494 g/mol. The van der Waals surface area contributed by atoms with Crippen LogP contribution in [0.3, 0.4) is 0 Å². The molecule has 0 spiro atoms. The number of pyridine rings is 1. The third kappa shape index (κ3) is 5.82. The van der Waals surface area contributed by atoms with Gasteiger partial charge in [-0.2, -0.15) is 0 Å². The molecule has 3 atom stereocenters. The summed E-state index contributed by atoms with van der Waals surface area (Å²) in [7, 11) is 3.17. The van der Waals surface area contributed by atoms with Gasteiger partial charge in [0.15, 0.2) is 5.82 Å². The number of hydrogen-bond acceptors (Lipinski definition) is 8. The highest BCUT2D eigenvalue weighted by molar-refractivity contribution is 7.77. The van der Waals surface area contributed by atoms with E-state index in [-0.39, 0.29) is 5.92 Å². The number of benzene rings is 1. The van der Waals surface area contributed by atoms with E-state index in [1.54, 1.807) is 39.0 Å². The van der Waals surface area contributed by atoms with Gasteiger partial charge in [-0.3, -0.25) is 24.1 Å². The highest BCUT2D eigenvalue weighted by Gasteiger charge is 2.29. The maximum atomic E-state index is 11.6. The first-order valence-electron chi connectivity index (χ1n) is 11.6. The van der Waals surface area contributed by atoms with Crippen molar-refractivity contribution in [3.63, 3.8) is 0 Å². The van der Waals surface area contributed by atoms with Crippen LogP contribution in [-0.4, -0.2) is 58.7 Å². The second-order valence-corrected chi connectivity index (χ2v) is 9.32. The minimum Gasteiger partial charge on any atom is -0.494 e. The lowest BCUT2D eigenvalue weighted by Crippen LogP contribution is -2.35. The highest BCUT2D eigenvalue weighted by atomic mass is 32.2. The van der Waals surface area contributed by atoms with Gasteiger partial charge in [0.1, 0.15) is 23.0 Å². The molecule has 0 amide bonds. The normalized spacial score (nSPS) is 13.7. The van der Waals surface area contributed by atoms with Gasteiger partial charge in [-0.05, 0) is 44.5 Å². The monoisotopic (exact) mass is 523 g/mol. The van der Waals surface area contributed by atoms with E-state index < -0.39 is 17.3 Å². The number of aromatic nitrogens is 6. The molecule has 0 bridgehead atoms. The van der Waals surface area contributed by atoms with Crippen molar-refractivity contribution in [3.05, 3.63) is 71.8 Å². The predicted molar refractivity (Wildman–Crippen MR) is 139 cm³/mol. The molecular formula is C25H29N7O4S. The summed E-state index contributed by atoms with van der Waals surface area (Å²) in [5, 5.41) is 9.09. The van der Waals surface area contributed by atoms with Crippen LogP contribution in [0.25, 0.3) is 17.1 Å². The van der Waals surface area contributed by atoms with Crippen molar-refractivity contribution >= 4 is 11.3 Å². The largest absolute Gasteiger partial charge is 0.494 e. The Hall–Kier alpha value is -3.74. The second kappa shape index (κ2) is 11.5. The van der Waals surface area contributed by atoms with E-state index in [0.29, 0.717) is 40.9 Å². The topological polar surface area (TPSA) is 137 Å². The Bertz CT molecular complexity index is 1370. The summed E-state index contributed by atoms with van der Waals surface area (Å²) in [6.45, 7) is 5.62. The van der Waals surface area contributed by atoms with Gasteiger partial charge in [0.25, 0.3) is 0 Å². The minimum atomic E-state index is -2.22. The van der Waals surface area contributed by atoms with Crippen molar-refractivity contribution in [2.45, 2.75) is 39.2 Å². The molecule has 0 saturated carbocycles. The van der Waals surface area contributed by atoms with Crippen molar-refractivity contribution in [1.82, 2.24) is 34.4 Å². The van der Waals surface area contributed by atoms with E-state index in [9.17, 15) is 8.76 Å². The molecule has 3 aromatic heterocycles. The Balaban J connectivity index is 1.92. The van der Waals surface area contributed by atoms with Crippen molar-refractivity contribution in [2.75, 3.05) is 14.2 Å². The van der Waals surface area contributed by atoms with Gasteiger partial charge in [-0.15, -0.1) is 10.2 Å². The first-order chi connectivity index (χ1) is 17.8. The molecule has 0 radical (unpaired) electrons. The van der Waals surface area contributed by atoms with Crippen LogP contribution in [0, 0.1) is 13.8 Å². The lowest BCUT2D eigenvalue weighted by molar-refractivity contribution is 0.390. The van der Waals surface area contributed by atoms with Gasteiger partial charge in [-0.1, -0.05) is 6.07 Å². The van der Waals surface area contributed by atoms with Crippen molar-refractivity contribution in [2.24, 2.45) is 0 Å². The van der Waals surface area contributed by atoms with Gasteiger partial charge < -0.3 is 9.47 Å². The Kier molecular flexibility index (Phi) is 8.21. The van der Waals surface area contributed by atoms with Crippen molar-refractivity contribution in [3.8, 4) is 28.6 Å². The van der Waals surface area contributed by atoms with Crippen LogP contribution >= 0.6 is 0 Å². The Morgan fingerprint density at radius 1 is 1.05 bits per heavy atom. The molecule has 0 aliphatic rings. The summed E-state index contributed by atoms with van der Waals surface area (Å²) in [5.74, 6) is 1.89. The number of aryl methyl sites for hydroxylation is 2. The lowest BCUT2D eigenvalue weighted by atomic mass is 9.94. The summed E-state index contributed by atoms with van der Waals surface area (Å²) in [4.78, 5) is 13.3. The molecule has 0 saturated heterocycles. The summed E-state index contributed by atoms with van der Waals surface area (Å²) in [6, 6.07) is 7.04. The molecule has 1 aromatic carbocycles. The molecule has 0 aliphatic heterocycles. The SMILES string of the molecule is COc1cccc(OC)c1-n1c(C[C@@H](c2cnc(C)cn2)[C@@H](C)NS(=O)O)nnc1-c1cncc(C)c1. The number of rotatable bonds is 10. The zero-order valence-corrected chi connectivity index (χ0v) is 22.1. The third-order valence-electron chi connectivity index (χ3n) is 5.96. The van der Waals surface area contributed by atoms with Crippen molar-refractivity contribution in [1.29, 1.82) is 0 Å². The van der Waals surface area contributed by atoms with E-state index in [1.807, 2.05) is 49.6 Å². The van der Waals surface area contributed by atoms with Gasteiger partial charge in [0, 0.05) is 48.7 Å². The smallest absolute Gasteiger partial charge is 0.231 e. The number of hydrogen-bond donors (Lipinski definition) is 2. The second-order valence-electron chi connectivity index (χ2n) is 8.59. The summed E-state index contributed by atoms with van der Waals surface area (Å²) in [5.41, 5.74) is 3.78. The van der Waals surface area contributed by atoms with Gasteiger partial charge in [0.2, 0.25) is 11.3 Å². The van der Waals surface area contributed by atoms with Gasteiger partial charge in [0.05, 0.1) is 25.6 Å². The molecule has 1 unspecified atom stereocenters. The fourth-order valence-electron chi connectivity index (χ4n) is 4.17. The van der Waals surface area contributed by atoms with E-state index in [1.165, 1.54) is 0 Å². The number of ether oxygens (including phenoxy) is 2. The Morgan fingerprint density at radius 3 is 2.38 bits per heavy atom. The molecule has 2 N–H and O–H groups in total. The maximum Gasteiger partial charge on any atom is 0.231 e. The molecule has 4 aromatic rings. The van der Waals surface area contributed by atoms with Crippen LogP contribution < -0.4 is 14.2 Å². The zero-order valence-electron chi connectivity index (χ0n) is 21.2. The van der Waals surface area contributed by atoms with Gasteiger partial charge >= 0.3 is 0 Å². The summed E-state index contributed by atoms with van der Waals surface area (Å²) in [6.07, 6.45) is 7.15. The van der Waals surface area contributed by atoms with E-state index in [4.69, 9.17) is 9.47 Å². The number of methoxy groups -OCH3 is 2. The molecule has 37 heavy (non-hydrogen) atoms. The number of nitrogens with zero attached hydrogens (tertiary/aromatic N) is 6. The van der Waals surface area contributed by atoms with E-state index in [0.717, 1.165) is 16.8 Å². The number of para-hydroxylation sites is 1. The average Bonchev–Trinajstić information content (AvgIpc) is 3.30. The first-order valence-corrected chi connectivity index (χ1v) is 12.7. The van der Waals surface area contributed by atoms with Crippen LogP contribution in [0.2, 0.25) is 0 Å². The van der Waals surface area contributed by atoms with Crippen LogP contribution in [0.5, 0.6) is 11.5 Å². The molecule has 4 rings (SSSR count). The molecule has 11 nitrogen and oxygen atoms in total. The summed E-state index contributed by atoms with van der Waals surface area (Å²) >= 11 is -2.22. The predicted octanol–water partition coefficient (Wildman–Crippen LogP) is 3.19. The quantitative estimate of drug-likeness (QED) is 0.300. The van der Waals surface area contributed by atoms with Crippen LogP contribution in [0.15, 0.2) is 49.1 Å². The standard InChI is InChI=1S/C25H29N7O4S/c1-15-9-18(13-26-11-15)25-30-29-23(32(25)24-21(35-4)7-6-8-22(24)36-5)10-19(17(3)31-37(33)34)20-14-27-16(2)12-28-20/h6-9,11-14,17,19,31H,10H2,1-5H3,(H,33,34)/t17-,19-/m1/s1. The van der Waals surface area contributed by atoms with Crippen LogP contribution in [0.4, 0.5) is 0 Å². The average molecular weight is 524 g/mol. The summed E-state index contributed by atoms with van der Waals surface area (Å²) < 4.78 is 37.1. The van der Waals surface area contributed by atoms with Crippen LogP contribution in [-0.2, 0) is 17.7 Å². The Morgan fingerprint density at radius 2 is 1.78 bits per heavy atom. The third-order valence-corrected chi connectivity index (χ3v) is 6.54. The fraction of sp³-hybridized carbons (Fsp3) is 0.320. The van der Waals surface area contributed by atoms with Gasteiger partial charge in [-0.25, -0.2) is 8.93 Å². The number of nitrogens with one attached hydrogen (secondary N) is 1. The minimum absolute atomic E-state index is 0.316. The molecule has 3 heterocycles. The zero-order chi connectivity index (χ0) is 26.5. The molecule has 194 valence electrons. The fourth-order valence-corrected chi connectivity index (χ4v) is 4.65. The first kappa shape index (κ1) is 26.3. The lowest BCUT2D eigenvalue weighted by Gasteiger charge is -2.24.